The van der Waals surface area contributed by atoms with Gasteiger partial charge in [0.1, 0.15) is 0 Å². The Hall–Kier alpha value is -0.0800. The molecule has 2 unspecified atom stereocenters. The highest BCUT2D eigenvalue weighted by Crippen LogP contribution is 2.29. The molecule has 1 aliphatic rings. The van der Waals surface area contributed by atoms with Gasteiger partial charge < -0.3 is 10.1 Å². The molecule has 0 aromatic carbocycles. The predicted molar refractivity (Wildman–Crippen MR) is 69.7 cm³/mol. The van der Waals surface area contributed by atoms with Crippen molar-refractivity contribution in [2.24, 2.45) is 11.8 Å². The molecule has 0 spiro atoms. The molecule has 0 aliphatic heterocycles. The molecule has 0 aromatic heterocycles. The van der Waals surface area contributed by atoms with Gasteiger partial charge in [-0.3, -0.25) is 0 Å². The Morgan fingerprint density at radius 2 is 2.12 bits per heavy atom. The van der Waals surface area contributed by atoms with Crippen molar-refractivity contribution in [3.63, 3.8) is 0 Å². The molecular weight excluding hydrogens is 198 g/mol. The molecule has 1 rings (SSSR count). The normalized spacial score (nSPS) is 26.2. The summed E-state index contributed by atoms with van der Waals surface area (Å²) in [6.45, 7) is 9.66. The third kappa shape index (κ3) is 5.31. The summed E-state index contributed by atoms with van der Waals surface area (Å²) in [5.74, 6) is 1.80. The standard InChI is InChI=1S/C14H29NO/c1-4-16-10-6-9-15-14-8-5-7-13(11-14)12(2)3/h12-15H,4-11H2,1-3H3. The largest absolute Gasteiger partial charge is 0.382 e. The van der Waals surface area contributed by atoms with Gasteiger partial charge in [0, 0.05) is 19.3 Å². The van der Waals surface area contributed by atoms with E-state index >= 15 is 0 Å². The maximum Gasteiger partial charge on any atom is 0.0477 e. The van der Waals surface area contributed by atoms with Gasteiger partial charge in [-0.05, 0) is 44.6 Å². The van der Waals surface area contributed by atoms with Crippen molar-refractivity contribution in [2.45, 2.75) is 58.9 Å². The van der Waals surface area contributed by atoms with E-state index in [4.69, 9.17) is 4.74 Å². The Morgan fingerprint density at radius 3 is 2.81 bits per heavy atom. The molecule has 1 saturated carbocycles. The SMILES string of the molecule is CCOCCCNC1CCCC(C(C)C)C1. The minimum Gasteiger partial charge on any atom is -0.382 e. The molecular formula is C14H29NO. The Kier molecular flexibility index (Phi) is 7.06. The van der Waals surface area contributed by atoms with Gasteiger partial charge in [-0.2, -0.15) is 0 Å². The lowest BCUT2D eigenvalue weighted by molar-refractivity contribution is 0.142. The summed E-state index contributed by atoms with van der Waals surface area (Å²) in [7, 11) is 0. The molecule has 0 aromatic rings. The zero-order valence-corrected chi connectivity index (χ0v) is 11.3. The minimum absolute atomic E-state index is 0.766. The molecule has 0 saturated heterocycles. The second-order valence-corrected chi connectivity index (χ2v) is 5.37. The van der Waals surface area contributed by atoms with E-state index in [1.807, 2.05) is 0 Å². The van der Waals surface area contributed by atoms with E-state index in [1.165, 1.54) is 25.7 Å². The number of rotatable bonds is 7. The van der Waals surface area contributed by atoms with Crippen LogP contribution < -0.4 is 5.32 Å². The topological polar surface area (TPSA) is 21.3 Å². The van der Waals surface area contributed by atoms with Crippen molar-refractivity contribution < 1.29 is 4.74 Å². The van der Waals surface area contributed by atoms with E-state index in [0.717, 1.165) is 44.1 Å². The summed E-state index contributed by atoms with van der Waals surface area (Å²) in [6, 6.07) is 0.766. The van der Waals surface area contributed by atoms with Gasteiger partial charge in [-0.15, -0.1) is 0 Å². The lowest BCUT2D eigenvalue weighted by Gasteiger charge is -2.32. The maximum atomic E-state index is 5.34. The summed E-state index contributed by atoms with van der Waals surface area (Å²) in [5.41, 5.74) is 0. The lowest BCUT2D eigenvalue weighted by Crippen LogP contribution is -2.36. The highest BCUT2D eigenvalue weighted by atomic mass is 16.5. The second-order valence-electron chi connectivity index (χ2n) is 5.37. The van der Waals surface area contributed by atoms with E-state index in [-0.39, 0.29) is 0 Å². The Morgan fingerprint density at radius 1 is 1.31 bits per heavy atom. The van der Waals surface area contributed by atoms with Crippen LogP contribution in [0.3, 0.4) is 0 Å². The molecule has 1 fully saturated rings. The smallest absolute Gasteiger partial charge is 0.0477 e. The first-order chi connectivity index (χ1) is 7.74. The zero-order chi connectivity index (χ0) is 11.8. The van der Waals surface area contributed by atoms with Crippen LogP contribution in [0, 0.1) is 11.8 Å². The first-order valence-corrected chi connectivity index (χ1v) is 7.05. The van der Waals surface area contributed by atoms with Gasteiger partial charge in [-0.1, -0.05) is 26.7 Å². The van der Waals surface area contributed by atoms with Crippen LogP contribution in [0.4, 0.5) is 0 Å². The van der Waals surface area contributed by atoms with Crippen molar-refractivity contribution in [1.29, 1.82) is 0 Å². The van der Waals surface area contributed by atoms with Crippen LogP contribution in [-0.4, -0.2) is 25.8 Å². The quantitative estimate of drug-likeness (QED) is 0.674. The summed E-state index contributed by atoms with van der Waals surface area (Å²) in [6.07, 6.45) is 6.75. The average molecular weight is 227 g/mol. The van der Waals surface area contributed by atoms with Crippen molar-refractivity contribution >= 4 is 0 Å². The molecule has 2 heteroatoms. The van der Waals surface area contributed by atoms with Crippen molar-refractivity contribution in [3.05, 3.63) is 0 Å². The van der Waals surface area contributed by atoms with Crippen molar-refractivity contribution in [1.82, 2.24) is 5.32 Å². The van der Waals surface area contributed by atoms with E-state index in [2.05, 4.69) is 26.1 Å². The van der Waals surface area contributed by atoms with Gasteiger partial charge >= 0.3 is 0 Å². The summed E-state index contributed by atoms with van der Waals surface area (Å²) in [5, 5.41) is 3.69. The molecule has 0 bridgehead atoms. The number of nitrogens with one attached hydrogen (secondary N) is 1. The summed E-state index contributed by atoms with van der Waals surface area (Å²) < 4.78 is 5.34. The Bertz CT molecular complexity index is 170. The maximum absolute atomic E-state index is 5.34. The van der Waals surface area contributed by atoms with Gasteiger partial charge in [0.05, 0.1) is 0 Å². The fourth-order valence-electron chi connectivity index (χ4n) is 2.64. The molecule has 1 aliphatic carbocycles. The van der Waals surface area contributed by atoms with Crippen LogP contribution in [0.15, 0.2) is 0 Å². The monoisotopic (exact) mass is 227 g/mol. The van der Waals surface area contributed by atoms with Crippen LogP contribution in [0.25, 0.3) is 0 Å². The number of hydrogen-bond acceptors (Lipinski definition) is 2. The Balaban J connectivity index is 2.07. The fraction of sp³-hybridized carbons (Fsp3) is 1.00. The lowest BCUT2D eigenvalue weighted by atomic mass is 9.79. The van der Waals surface area contributed by atoms with Crippen LogP contribution in [0.2, 0.25) is 0 Å². The zero-order valence-electron chi connectivity index (χ0n) is 11.3. The first-order valence-electron chi connectivity index (χ1n) is 7.05. The second kappa shape index (κ2) is 8.08. The van der Waals surface area contributed by atoms with Crippen molar-refractivity contribution in [2.75, 3.05) is 19.8 Å². The van der Waals surface area contributed by atoms with Gasteiger partial charge in [0.15, 0.2) is 0 Å². The summed E-state index contributed by atoms with van der Waals surface area (Å²) in [4.78, 5) is 0. The van der Waals surface area contributed by atoms with Crippen molar-refractivity contribution in [3.8, 4) is 0 Å². The first kappa shape index (κ1) is 14.0. The van der Waals surface area contributed by atoms with E-state index in [0.29, 0.717) is 0 Å². The number of hydrogen-bond donors (Lipinski definition) is 1. The molecule has 0 amide bonds. The average Bonchev–Trinajstić information content (AvgIpc) is 2.29. The fourth-order valence-corrected chi connectivity index (χ4v) is 2.64. The van der Waals surface area contributed by atoms with E-state index in [1.54, 1.807) is 0 Å². The van der Waals surface area contributed by atoms with Crippen LogP contribution in [-0.2, 0) is 4.74 Å². The van der Waals surface area contributed by atoms with Crippen LogP contribution in [0.1, 0.15) is 52.9 Å². The molecule has 16 heavy (non-hydrogen) atoms. The highest BCUT2D eigenvalue weighted by molar-refractivity contribution is 4.79. The van der Waals surface area contributed by atoms with Gasteiger partial charge in [0.2, 0.25) is 0 Å². The minimum atomic E-state index is 0.766. The highest BCUT2D eigenvalue weighted by Gasteiger charge is 2.23. The third-order valence-corrected chi connectivity index (χ3v) is 3.76. The van der Waals surface area contributed by atoms with Gasteiger partial charge in [0.25, 0.3) is 0 Å². The van der Waals surface area contributed by atoms with E-state index < -0.39 is 0 Å². The molecule has 2 atom stereocenters. The molecule has 96 valence electrons. The summed E-state index contributed by atoms with van der Waals surface area (Å²) >= 11 is 0. The van der Waals surface area contributed by atoms with Crippen LogP contribution >= 0.6 is 0 Å². The van der Waals surface area contributed by atoms with Gasteiger partial charge in [-0.25, -0.2) is 0 Å². The van der Waals surface area contributed by atoms with E-state index in [9.17, 15) is 0 Å². The Labute approximate surface area is 101 Å². The number of ether oxygens (including phenoxy) is 1. The van der Waals surface area contributed by atoms with Crippen LogP contribution in [0.5, 0.6) is 0 Å². The third-order valence-electron chi connectivity index (χ3n) is 3.76. The molecule has 0 heterocycles. The molecule has 1 N–H and O–H groups in total. The molecule has 2 nitrogen and oxygen atoms in total. The predicted octanol–water partition coefficient (Wildman–Crippen LogP) is 3.22. The molecule has 0 radical (unpaired) electrons.